The fourth-order valence-corrected chi connectivity index (χ4v) is 3.43. The minimum Gasteiger partial charge on any atom is -0.477 e. The van der Waals surface area contributed by atoms with Crippen LogP contribution in [0, 0.1) is 11.3 Å². The third-order valence-corrected chi connectivity index (χ3v) is 5.02. The Morgan fingerprint density at radius 1 is 0.758 bits per heavy atom. The van der Waals surface area contributed by atoms with E-state index < -0.39 is 5.97 Å². The number of hydrogen-bond donors (Lipinski definition) is 2. The number of benzene rings is 3. The first-order valence-electron chi connectivity index (χ1n) is 10.4. The van der Waals surface area contributed by atoms with Gasteiger partial charge in [-0.2, -0.15) is 5.26 Å². The van der Waals surface area contributed by atoms with E-state index in [9.17, 15) is 4.79 Å². The standard InChI is InChI=1S/C28H21N3O2/c29-20-22(28(32)33)19-24-16-15-23(30-24)14-11-21-12-17-27(18-13-21)31(25-7-3-1-4-8-25)26-9-5-2-6-10-26/h1-19,30H,(H,32,33)/b14-11+,22-19+. The van der Waals surface area contributed by atoms with Crippen LogP contribution in [-0.4, -0.2) is 16.1 Å². The molecule has 5 heteroatoms. The molecule has 4 rings (SSSR count). The van der Waals surface area contributed by atoms with Gasteiger partial charge < -0.3 is 15.0 Å². The summed E-state index contributed by atoms with van der Waals surface area (Å²) in [4.78, 5) is 16.3. The molecule has 0 unspecified atom stereocenters. The van der Waals surface area contributed by atoms with E-state index in [2.05, 4.69) is 46.3 Å². The van der Waals surface area contributed by atoms with Crippen molar-refractivity contribution in [3.8, 4) is 6.07 Å². The van der Waals surface area contributed by atoms with Crippen molar-refractivity contribution in [3.05, 3.63) is 120 Å². The lowest BCUT2D eigenvalue weighted by molar-refractivity contribution is -0.132. The van der Waals surface area contributed by atoms with Gasteiger partial charge in [0.05, 0.1) is 0 Å². The molecule has 0 bridgehead atoms. The lowest BCUT2D eigenvalue weighted by atomic mass is 10.1. The summed E-state index contributed by atoms with van der Waals surface area (Å²) in [6.45, 7) is 0. The first-order chi connectivity index (χ1) is 16.1. The summed E-state index contributed by atoms with van der Waals surface area (Å²) in [5.74, 6) is -1.25. The molecule has 1 heterocycles. The lowest BCUT2D eigenvalue weighted by Gasteiger charge is -2.25. The van der Waals surface area contributed by atoms with Crippen LogP contribution in [0.25, 0.3) is 18.2 Å². The third kappa shape index (κ3) is 5.27. The van der Waals surface area contributed by atoms with E-state index in [1.807, 2.05) is 66.7 Å². The molecule has 5 nitrogen and oxygen atoms in total. The first kappa shape index (κ1) is 21.4. The topological polar surface area (TPSA) is 80.1 Å². The molecule has 3 aromatic carbocycles. The van der Waals surface area contributed by atoms with Gasteiger partial charge in [0.25, 0.3) is 0 Å². The van der Waals surface area contributed by atoms with E-state index in [0.717, 1.165) is 28.3 Å². The average Bonchev–Trinajstić information content (AvgIpc) is 3.31. The number of carboxylic acid groups (broad SMARTS) is 1. The van der Waals surface area contributed by atoms with Gasteiger partial charge in [0.15, 0.2) is 0 Å². The molecule has 2 N–H and O–H groups in total. The number of carbonyl (C=O) groups is 1. The Bertz CT molecular complexity index is 1290. The molecular formula is C28H21N3O2. The van der Waals surface area contributed by atoms with Crippen molar-refractivity contribution >= 4 is 41.3 Å². The summed E-state index contributed by atoms with van der Waals surface area (Å²) in [6.07, 6.45) is 5.20. The summed E-state index contributed by atoms with van der Waals surface area (Å²) in [5, 5.41) is 17.9. The van der Waals surface area contributed by atoms with Crippen LogP contribution in [0.5, 0.6) is 0 Å². The van der Waals surface area contributed by atoms with Crippen molar-refractivity contribution in [3.63, 3.8) is 0 Å². The molecular weight excluding hydrogens is 410 g/mol. The van der Waals surface area contributed by atoms with Crippen molar-refractivity contribution in [2.24, 2.45) is 0 Å². The maximum atomic E-state index is 11.0. The number of H-pyrrole nitrogens is 1. The maximum Gasteiger partial charge on any atom is 0.346 e. The molecule has 33 heavy (non-hydrogen) atoms. The highest BCUT2D eigenvalue weighted by Crippen LogP contribution is 2.34. The minimum atomic E-state index is -1.25. The van der Waals surface area contributed by atoms with Gasteiger partial charge in [-0.05, 0) is 66.2 Å². The zero-order chi connectivity index (χ0) is 23.0. The largest absolute Gasteiger partial charge is 0.477 e. The second-order valence-electron chi connectivity index (χ2n) is 7.28. The van der Waals surface area contributed by atoms with E-state index in [-0.39, 0.29) is 5.57 Å². The van der Waals surface area contributed by atoms with Gasteiger partial charge in [-0.25, -0.2) is 4.79 Å². The summed E-state index contributed by atoms with van der Waals surface area (Å²) in [5.41, 5.74) is 5.29. The smallest absolute Gasteiger partial charge is 0.346 e. The second-order valence-corrected chi connectivity index (χ2v) is 7.28. The normalized spacial score (nSPS) is 11.3. The zero-order valence-corrected chi connectivity index (χ0v) is 17.7. The number of aliphatic carboxylic acids is 1. The fraction of sp³-hybridized carbons (Fsp3) is 0. The highest BCUT2D eigenvalue weighted by Gasteiger charge is 2.11. The molecule has 0 saturated carbocycles. The number of rotatable bonds is 7. The third-order valence-electron chi connectivity index (χ3n) is 5.02. The predicted octanol–water partition coefficient (Wildman–Crippen LogP) is 6.65. The molecule has 0 saturated heterocycles. The number of hydrogen-bond acceptors (Lipinski definition) is 3. The molecule has 0 fully saturated rings. The Morgan fingerprint density at radius 3 is 1.85 bits per heavy atom. The van der Waals surface area contributed by atoms with Gasteiger partial charge in [0, 0.05) is 28.5 Å². The Morgan fingerprint density at radius 2 is 1.30 bits per heavy atom. The molecule has 1 aromatic heterocycles. The van der Waals surface area contributed by atoms with E-state index in [1.165, 1.54) is 6.08 Å². The summed E-state index contributed by atoms with van der Waals surface area (Å²) >= 11 is 0. The Hall–Kier alpha value is -4.82. The second kappa shape index (κ2) is 9.99. The van der Waals surface area contributed by atoms with Crippen molar-refractivity contribution in [1.82, 2.24) is 4.98 Å². The molecule has 0 aliphatic carbocycles. The van der Waals surface area contributed by atoms with E-state index in [4.69, 9.17) is 10.4 Å². The van der Waals surface area contributed by atoms with Crippen LogP contribution in [0.2, 0.25) is 0 Å². The van der Waals surface area contributed by atoms with E-state index in [0.29, 0.717) is 5.69 Å². The van der Waals surface area contributed by atoms with Gasteiger partial charge in [0.1, 0.15) is 11.6 Å². The van der Waals surface area contributed by atoms with Crippen molar-refractivity contribution in [2.45, 2.75) is 0 Å². The molecule has 0 aliphatic heterocycles. The number of aromatic amines is 1. The van der Waals surface area contributed by atoms with Crippen LogP contribution < -0.4 is 4.90 Å². The number of para-hydroxylation sites is 2. The minimum absolute atomic E-state index is 0.315. The van der Waals surface area contributed by atoms with Crippen LogP contribution in [-0.2, 0) is 4.79 Å². The molecule has 4 aromatic rings. The molecule has 0 radical (unpaired) electrons. The van der Waals surface area contributed by atoms with Crippen LogP contribution in [0.15, 0.2) is 103 Å². The lowest BCUT2D eigenvalue weighted by Crippen LogP contribution is -2.09. The van der Waals surface area contributed by atoms with E-state index >= 15 is 0 Å². The molecule has 0 atom stereocenters. The Balaban J connectivity index is 1.55. The fourth-order valence-electron chi connectivity index (χ4n) is 3.43. The van der Waals surface area contributed by atoms with Crippen molar-refractivity contribution in [1.29, 1.82) is 5.26 Å². The van der Waals surface area contributed by atoms with Crippen LogP contribution >= 0.6 is 0 Å². The van der Waals surface area contributed by atoms with Gasteiger partial charge in [-0.3, -0.25) is 0 Å². The van der Waals surface area contributed by atoms with Gasteiger partial charge in [0.2, 0.25) is 0 Å². The number of nitrogens with one attached hydrogen (secondary N) is 1. The summed E-state index contributed by atoms with van der Waals surface area (Å²) < 4.78 is 0. The van der Waals surface area contributed by atoms with Gasteiger partial charge in [-0.1, -0.05) is 54.6 Å². The highest BCUT2D eigenvalue weighted by atomic mass is 16.4. The number of nitrogens with zero attached hydrogens (tertiary/aromatic N) is 2. The zero-order valence-electron chi connectivity index (χ0n) is 17.7. The maximum absolute atomic E-state index is 11.0. The van der Waals surface area contributed by atoms with Gasteiger partial charge in [-0.15, -0.1) is 0 Å². The number of nitriles is 1. The molecule has 0 spiro atoms. The summed E-state index contributed by atoms with van der Waals surface area (Å²) in [6, 6.07) is 33.9. The highest BCUT2D eigenvalue weighted by molar-refractivity contribution is 5.96. The molecule has 0 aliphatic rings. The quantitative estimate of drug-likeness (QED) is 0.254. The van der Waals surface area contributed by atoms with Crippen LogP contribution in [0.1, 0.15) is 17.0 Å². The van der Waals surface area contributed by atoms with Gasteiger partial charge >= 0.3 is 5.97 Å². The number of anilines is 3. The van der Waals surface area contributed by atoms with Crippen molar-refractivity contribution in [2.75, 3.05) is 4.90 Å². The average molecular weight is 431 g/mol. The van der Waals surface area contributed by atoms with Crippen LogP contribution in [0.3, 0.4) is 0 Å². The monoisotopic (exact) mass is 431 g/mol. The van der Waals surface area contributed by atoms with Crippen molar-refractivity contribution < 1.29 is 9.90 Å². The predicted molar refractivity (Wildman–Crippen MR) is 132 cm³/mol. The number of carboxylic acids is 1. The Labute approximate surface area is 192 Å². The first-order valence-corrected chi connectivity index (χ1v) is 10.4. The molecule has 0 amide bonds. The molecule has 160 valence electrons. The Kier molecular flexibility index (Phi) is 6.48. The number of aromatic nitrogens is 1. The summed E-state index contributed by atoms with van der Waals surface area (Å²) in [7, 11) is 0. The SMILES string of the molecule is N#C/C(=C\c1ccc(/C=C/c2ccc(N(c3ccccc3)c3ccccc3)cc2)[nH]1)C(=O)O. The van der Waals surface area contributed by atoms with Crippen LogP contribution in [0.4, 0.5) is 17.1 Å². The van der Waals surface area contributed by atoms with E-state index in [1.54, 1.807) is 12.1 Å².